The van der Waals surface area contributed by atoms with Gasteiger partial charge in [-0.3, -0.25) is 9.59 Å². The van der Waals surface area contributed by atoms with Crippen LogP contribution >= 0.6 is 22.6 Å². The van der Waals surface area contributed by atoms with Gasteiger partial charge in [0.05, 0.1) is 6.54 Å². The molecule has 27 heavy (non-hydrogen) atoms. The highest BCUT2D eigenvalue weighted by Crippen LogP contribution is 2.18. The molecule has 0 saturated heterocycles. The molecule has 1 aliphatic carbocycles. The van der Waals surface area contributed by atoms with Gasteiger partial charge in [0.15, 0.2) is 0 Å². The lowest BCUT2D eigenvalue weighted by Crippen LogP contribution is -2.36. The quantitative estimate of drug-likeness (QED) is 0.541. The Balaban J connectivity index is 1.47. The van der Waals surface area contributed by atoms with E-state index >= 15 is 0 Å². The van der Waals surface area contributed by atoms with Gasteiger partial charge in [-0.15, -0.1) is 0 Å². The van der Waals surface area contributed by atoms with Crippen molar-refractivity contribution in [3.05, 3.63) is 57.7 Å². The summed E-state index contributed by atoms with van der Waals surface area (Å²) < 4.78 is 1.15. The number of rotatable bonds is 6. The average molecular weight is 477 g/mol. The third-order valence-electron chi connectivity index (χ3n) is 4.67. The molecule has 142 valence electrons. The smallest absolute Gasteiger partial charge is 0.251 e. The Bertz CT molecular complexity index is 769. The number of carbonyl (C=O) groups is 2. The Kier molecular flexibility index (Phi) is 7.09. The van der Waals surface area contributed by atoms with E-state index in [1.165, 1.54) is 19.3 Å². The van der Waals surface area contributed by atoms with Crippen molar-refractivity contribution in [2.45, 2.75) is 38.1 Å². The topological polar surface area (TPSA) is 70.2 Å². The molecule has 3 rings (SSSR count). The zero-order chi connectivity index (χ0) is 19.1. The van der Waals surface area contributed by atoms with Gasteiger partial charge in [-0.1, -0.05) is 19.3 Å². The van der Waals surface area contributed by atoms with Gasteiger partial charge in [0.1, 0.15) is 0 Å². The molecule has 2 aromatic carbocycles. The second kappa shape index (κ2) is 9.73. The summed E-state index contributed by atoms with van der Waals surface area (Å²) in [7, 11) is 0. The summed E-state index contributed by atoms with van der Waals surface area (Å²) in [5.74, 6) is -0.173. The van der Waals surface area contributed by atoms with E-state index in [0.717, 1.165) is 22.1 Å². The highest BCUT2D eigenvalue weighted by molar-refractivity contribution is 14.1. The van der Waals surface area contributed by atoms with Crippen molar-refractivity contribution in [3.8, 4) is 0 Å². The van der Waals surface area contributed by atoms with E-state index in [-0.39, 0.29) is 24.4 Å². The van der Waals surface area contributed by atoms with Crippen molar-refractivity contribution in [3.63, 3.8) is 0 Å². The summed E-state index contributed by atoms with van der Waals surface area (Å²) in [5.41, 5.74) is 2.20. The van der Waals surface area contributed by atoms with Gasteiger partial charge in [-0.05, 0) is 84.0 Å². The van der Waals surface area contributed by atoms with Crippen LogP contribution in [0.2, 0.25) is 0 Å². The fraction of sp³-hybridized carbons (Fsp3) is 0.333. The molecule has 1 saturated carbocycles. The number of halogens is 1. The molecule has 3 N–H and O–H groups in total. The molecular formula is C21H24IN3O2. The first-order valence-electron chi connectivity index (χ1n) is 9.30. The molecular weight excluding hydrogens is 453 g/mol. The van der Waals surface area contributed by atoms with Crippen LogP contribution in [0.1, 0.15) is 42.5 Å². The first-order chi connectivity index (χ1) is 13.1. The summed E-state index contributed by atoms with van der Waals surface area (Å²) >= 11 is 2.24. The molecule has 1 fully saturated rings. The van der Waals surface area contributed by atoms with E-state index in [1.54, 1.807) is 24.3 Å². The van der Waals surface area contributed by atoms with E-state index in [0.29, 0.717) is 11.3 Å². The maximum atomic E-state index is 12.3. The normalized spacial score (nSPS) is 14.4. The van der Waals surface area contributed by atoms with Crippen LogP contribution in [0.15, 0.2) is 48.5 Å². The van der Waals surface area contributed by atoms with E-state index in [9.17, 15) is 9.59 Å². The monoisotopic (exact) mass is 477 g/mol. The number of benzene rings is 2. The van der Waals surface area contributed by atoms with Crippen molar-refractivity contribution < 1.29 is 9.59 Å². The third-order valence-corrected chi connectivity index (χ3v) is 5.39. The summed E-state index contributed by atoms with van der Waals surface area (Å²) in [4.78, 5) is 24.4. The van der Waals surface area contributed by atoms with Gasteiger partial charge in [-0.25, -0.2) is 0 Å². The number of hydrogen-bond acceptors (Lipinski definition) is 3. The fourth-order valence-electron chi connectivity index (χ4n) is 3.18. The maximum Gasteiger partial charge on any atom is 0.251 e. The molecule has 1 aliphatic rings. The van der Waals surface area contributed by atoms with Gasteiger partial charge >= 0.3 is 0 Å². The van der Waals surface area contributed by atoms with Crippen LogP contribution in [-0.4, -0.2) is 24.4 Å². The molecule has 0 aliphatic heterocycles. The van der Waals surface area contributed by atoms with Crippen molar-refractivity contribution in [1.82, 2.24) is 5.32 Å². The second-order valence-corrected chi connectivity index (χ2v) is 8.04. The van der Waals surface area contributed by atoms with E-state index in [1.807, 2.05) is 24.3 Å². The minimum atomic E-state index is -0.132. The van der Waals surface area contributed by atoms with Crippen molar-refractivity contribution in [2.75, 3.05) is 17.2 Å². The molecule has 0 heterocycles. The molecule has 0 radical (unpaired) electrons. The number of carbonyl (C=O) groups excluding carboxylic acids is 2. The highest BCUT2D eigenvalue weighted by Gasteiger charge is 2.16. The molecule has 0 spiro atoms. The second-order valence-electron chi connectivity index (χ2n) is 6.79. The van der Waals surface area contributed by atoms with E-state index < -0.39 is 0 Å². The predicted octanol–water partition coefficient (Wildman–Crippen LogP) is 4.40. The fourth-order valence-corrected chi connectivity index (χ4v) is 3.54. The first-order valence-corrected chi connectivity index (χ1v) is 10.4. The lowest BCUT2D eigenvalue weighted by molar-refractivity contribution is -0.114. The lowest BCUT2D eigenvalue weighted by atomic mass is 9.95. The Morgan fingerprint density at radius 1 is 0.889 bits per heavy atom. The molecule has 0 atom stereocenters. The standard InChI is InChI=1S/C21H24IN3O2/c22-16-8-12-17(13-9-16)23-14-20(26)24-19-10-6-15(7-11-19)21(27)25-18-4-2-1-3-5-18/h6-13,18,23H,1-5,14H2,(H,24,26)(H,25,27). The first kappa shape index (κ1) is 19.7. The Morgan fingerprint density at radius 2 is 1.52 bits per heavy atom. The van der Waals surface area contributed by atoms with Gasteiger partial charge in [0.2, 0.25) is 5.91 Å². The zero-order valence-electron chi connectivity index (χ0n) is 15.1. The summed E-state index contributed by atoms with van der Waals surface area (Å²) in [6, 6.07) is 15.2. The minimum Gasteiger partial charge on any atom is -0.376 e. The number of anilines is 2. The molecule has 5 nitrogen and oxygen atoms in total. The number of nitrogens with one attached hydrogen (secondary N) is 3. The number of amides is 2. The lowest BCUT2D eigenvalue weighted by Gasteiger charge is -2.22. The van der Waals surface area contributed by atoms with Gasteiger partial charge < -0.3 is 16.0 Å². The van der Waals surface area contributed by atoms with Crippen LogP contribution in [0, 0.1) is 3.57 Å². The van der Waals surface area contributed by atoms with Crippen molar-refractivity contribution in [1.29, 1.82) is 0 Å². The number of hydrogen-bond donors (Lipinski definition) is 3. The van der Waals surface area contributed by atoms with Crippen LogP contribution in [-0.2, 0) is 4.79 Å². The SMILES string of the molecule is O=C(CNc1ccc(I)cc1)Nc1ccc(C(=O)NC2CCCCC2)cc1. The highest BCUT2D eigenvalue weighted by atomic mass is 127. The van der Waals surface area contributed by atoms with Crippen LogP contribution in [0.25, 0.3) is 0 Å². The zero-order valence-corrected chi connectivity index (χ0v) is 17.3. The average Bonchev–Trinajstić information content (AvgIpc) is 2.69. The van der Waals surface area contributed by atoms with E-state index in [2.05, 4.69) is 38.5 Å². The maximum absolute atomic E-state index is 12.3. The molecule has 2 amide bonds. The molecule has 0 unspecified atom stereocenters. The summed E-state index contributed by atoms with van der Waals surface area (Å²) in [6.07, 6.45) is 5.76. The molecule has 6 heteroatoms. The van der Waals surface area contributed by atoms with Crippen LogP contribution in [0.3, 0.4) is 0 Å². The van der Waals surface area contributed by atoms with E-state index in [4.69, 9.17) is 0 Å². The Labute approximate surface area is 173 Å². The van der Waals surface area contributed by atoms with Crippen LogP contribution in [0.4, 0.5) is 11.4 Å². The predicted molar refractivity (Wildman–Crippen MR) is 117 cm³/mol. The van der Waals surface area contributed by atoms with Gasteiger partial charge in [-0.2, -0.15) is 0 Å². The Hall–Kier alpha value is -2.09. The summed E-state index contributed by atoms with van der Waals surface area (Å²) in [6.45, 7) is 0.185. The van der Waals surface area contributed by atoms with Crippen molar-refractivity contribution in [2.24, 2.45) is 0 Å². The van der Waals surface area contributed by atoms with Gasteiger partial charge in [0.25, 0.3) is 5.91 Å². The largest absolute Gasteiger partial charge is 0.376 e. The Morgan fingerprint density at radius 3 is 2.19 bits per heavy atom. The summed E-state index contributed by atoms with van der Waals surface area (Å²) in [5, 5.41) is 9.02. The third kappa shape index (κ3) is 6.23. The van der Waals surface area contributed by atoms with Crippen LogP contribution in [0.5, 0.6) is 0 Å². The van der Waals surface area contributed by atoms with Crippen LogP contribution < -0.4 is 16.0 Å². The minimum absolute atomic E-state index is 0.0415. The molecule has 0 bridgehead atoms. The molecule has 2 aromatic rings. The van der Waals surface area contributed by atoms with Gasteiger partial charge in [0, 0.05) is 26.6 Å². The molecule has 0 aromatic heterocycles. The van der Waals surface area contributed by atoms with Crippen molar-refractivity contribution >= 4 is 45.8 Å².